The number of carbonyl (C=O) groups excluding carboxylic acids is 1. The highest BCUT2D eigenvalue weighted by Crippen LogP contribution is 2.27. The lowest BCUT2D eigenvalue weighted by Crippen LogP contribution is -2.06. The van der Waals surface area contributed by atoms with Gasteiger partial charge >= 0.3 is 5.97 Å². The summed E-state index contributed by atoms with van der Waals surface area (Å²) in [6.45, 7) is 4.20. The molecule has 132 valence electrons. The second-order valence-electron chi connectivity index (χ2n) is 6.08. The summed E-state index contributed by atoms with van der Waals surface area (Å²) in [4.78, 5) is 26.6. The topological polar surface area (TPSA) is 81.8 Å². The molecule has 0 spiro atoms. The summed E-state index contributed by atoms with van der Waals surface area (Å²) in [6, 6.07) is 11.6. The Bertz CT molecular complexity index is 947. The van der Waals surface area contributed by atoms with E-state index in [1.54, 1.807) is 6.08 Å². The number of nitrogens with zero attached hydrogens (tertiary/aromatic N) is 2. The van der Waals surface area contributed by atoms with Crippen molar-refractivity contribution in [1.29, 1.82) is 0 Å². The van der Waals surface area contributed by atoms with Crippen molar-refractivity contribution in [3.63, 3.8) is 0 Å². The van der Waals surface area contributed by atoms with E-state index in [9.17, 15) is 14.9 Å². The molecule has 3 rings (SSSR count). The zero-order valence-electron chi connectivity index (χ0n) is 14.1. The zero-order valence-corrected chi connectivity index (χ0v) is 14.9. The van der Waals surface area contributed by atoms with Gasteiger partial charge < -0.3 is 4.74 Å². The summed E-state index contributed by atoms with van der Waals surface area (Å²) in [5.41, 5.74) is 2.14. The first-order chi connectivity index (χ1) is 12.3. The molecule has 0 fully saturated rings. The maximum absolute atomic E-state index is 12.1. The summed E-state index contributed by atoms with van der Waals surface area (Å²) < 4.78 is 5.15. The fourth-order valence-corrected chi connectivity index (χ4v) is 2.65. The van der Waals surface area contributed by atoms with Crippen LogP contribution in [0.4, 0.5) is 5.69 Å². The third kappa shape index (κ3) is 3.65. The number of benzene rings is 2. The largest absolute Gasteiger partial charge is 0.402 e. The Balaban J connectivity index is 1.94. The molecule has 0 saturated carbocycles. The molecule has 2 aromatic carbocycles. The van der Waals surface area contributed by atoms with Gasteiger partial charge in [0.25, 0.3) is 5.69 Å². The van der Waals surface area contributed by atoms with Gasteiger partial charge in [-0.25, -0.2) is 9.79 Å². The molecular formula is C19H15ClN2O4. The van der Waals surface area contributed by atoms with Gasteiger partial charge in [0.05, 0.1) is 15.5 Å². The van der Waals surface area contributed by atoms with Gasteiger partial charge in [-0.05, 0) is 29.2 Å². The van der Waals surface area contributed by atoms with Crippen molar-refractivity contribution in [2.75, 3.05) is 0 Å². The summed E-state index contributed by atoms with van der Waals surface area (Å²) in [5.74, 6) is -0.266. The quantitative estimate of drug-likeness (QED) is 0.337. The van der Waals surface area contributed by atoms with E-state index < -0.39 is 10.9 Å². The minimum atomic E-state index is -0.629. The molecule has 0 aromatic heterocycles. The van der Waals surface area contributed by atoms with Gasteiger partial charge in [0, 0.05) is 12.1 Å². The minimum Gasteiger partial charge on any atom is -0.402 e. The SMILES string of the molecule is CC(C)c1ccc(/C=C2/N=C(c3cc([N+](=O)[O-])ccc3Cl)OC2=O)cc1. The van der Waals surface area contributed by atoms with Gasteiger partial charge in [0.15, 0.2) is 5.70 Å². The highest BCUT2D eigenvalue weighted by molar-refractivity contribution is 6.34. The maximum Gasteiger partial charge on any atom is 0.363 e. The highest BCUT2D eigenvalue weighted by Gasteiger charge is 2.27. The maximum atomic E-state index is 12.1. The van der Waals surface area contributed by atoms with Crippen molar-refractivity contribution >= 4 is 35.2 Å². The predicted octanol–water partition coefficient (Wildman–Crippen LogP) is 4.72. The van der Waals surface area contributed by atoms with Crippen LogP contribution in [0.3, 0.4) is 0 Å². The Labute approximate surface area is 154 Å². The second-order valence-corrected chi connectivity index (χ2v) is 6.49. The average molecular weight is 371 g/mol. The van der Waals surface area contributed by atoms with Crippen LogP contribution < -0.4 is 0 Å². The Hall–Kier alpha value is -2.99. The molecular weight excluding hydrogens is 356 g/mol. The first kappa shape index (κ1) is 17.8. The number of nitro groups is 1. The molecule has 0 bridgehead atoms. The van der Waals surface area contributed by atoms with Gasteiger partial charge in [-0.15, -0.1) is 0 Å². The number of esters is 1. The van der Waals surface area contributed by atoms with Crippen LogP contribution in [0.25, 0.3) is 6.08 Å². The third-order valence-corrected chi connectivity index (χ3v) is 4.25. The van der Waals surface area contributed by atoms with E-state index in [2.05, 4.69) is 18.8 Å². The fourth-order valence-electron chi connectivity index (χ4n) is 2.45. The van der Waals surface area contributed by atoms with Crippen LogP contribution in [0.2, 0.25) is 5.02 Å². The van der Waals surface area contributed by atoms with Gasteiger partial charge in [0.2, 0.25) is 5.90 Å². The van der Waals surface area contributed by atoms with Crippen LogP contribution in [0, 0.1) is 10.1 Å². The number of rotatable bonds is 4. The number of ether oxygens (including phenoxy) is 1. The minimum absolute atomic E-state index is 0.0475. The summed E-state index contributed by atoms with van der Waals surface area (Å²) in [7, 11) is 0. The van der Waals surface area contributed by atoms with Crippen LogP contribution in [0.1, 0.15) is 36.5 Å². The molecule has 0 aliphatic carbocycles. The smallest absolute Gasteiger partial charge is 0.363 e. The molecule has 0 unspecified atom stereocenters. The lowest BCUT2D eigenvalue weighted by molar-refractivity contribution is -0.384. The lowest BCUT2D eigenvalue weighted by atomic mass is 10.0. The number of carbonyl (C=O) groups is 1. The molecule has 0 saturated heterocycles. The van der Waals surface area contributed by atoms with Crippen LogP contribution in [-0.2, 0) is 9.53 Å². The van der Waals surface area contributed by atoms with Gasteiger partial charge in [-0.3, -0.25) is 10.1 Å². The molecule has 7 heteroatoms. The first-order valence-corrected chi connectivity index (χ1v) is 8.30. The fraction of sp³-hybridized carbons (Fsp3) is 0.158. The molecule has 1 aliphatic heterocycles. The molecule has 0 radical (unpaired) electrons. The van der Waals surface area contributed by atoms with Crippen LogP contribution >= 0.6 is 11.6 Å². The average Bonchev–Trinajstić information content (AvgIpc) is 2.96. The number of halogens is 1. The van der Waals surface area contributed by atoms with Crippen LogP contribution in [-0.4, -0.2) is 16.8 Å². The third-order valence-electron chi connectivity index (χ3n) is 3.92. The van der Waals surface area contributed by atoms with E-state index in [0.717, 1.165) is 5.56 Å². The van der Waals surface area contributed by atoms with Crippen LogP contribution in [0.5, 0.6) is 0 Å². The van der Waals surface area contributed by atoms with E-state index in [1.807, 2.05) is 24.3 Å². The number of aliphatic imine (C=N–C) groups is 1. The van der Waals surface area contributed by atoms with E-state index in [-0.39, 0.29) is 27.9 Å². The van der Waals surface area contributed by atoms with E-state index in [4.69, 9.17) is 16.3 Å². The summed E-state index contributed by atoms with van der Waals surface area (Å²) in [5, 5.41) is 11.1. The molecule has 2 aromatic rings. The molecule has 1 heterocycles. The standard InChI is InChI=1S/C19H15ClN2O4/c1-11(2)13-5-3-12(4-6-13)9-17-19(23)26-18(21-17)15-10-14(22(24)25)7-8-16(15)20/h3-11H,1-2H3/b17-9+. The predicted molar refractivity (Wildman–Crippen MR) is 99.2 cm³/mol. The second kappa shape index (κ2) is 7.09. The Morgan fingerprint density at radius 1 is 1.19 bits per heavy atom. The first-order valence-electron chi connectivity index (χ1n) is 7.92. The number of hydrogen-bond donors (Lipinski definition) is 0. The van der Waals surface area contributed by atoms with Gasteiger partial charge in [-0.2, -0.15) is 0 Å². The van der Waals surface area contributed by atoms with Crippen molar-refractivity contribution in [3.8, 4) is 0 Å². The van der Waals surface area contributed by atoms with Crippen LogP contribution in [0.15, 0.2) is 53.2 Å². The van der Waals surface area contributed by atoms with Crippen molar-refractivity contribution in [2.45, 2.75) is 19.8 Å². The molecule has 0 amide bonds. The molecule has 26 heavy (non-hydrogen) atoms. The van der Waals surface area contributed by atoms with E-state index in [1.165, 1.54) is 23.8 Å². The zero-order chi connectivity index (χ0) is 18.8. The molecule has 1 aliphatic rings. The van der Waals surface area contributed by atoms with Crippen molar-refractivity contribution < 1.29 is 14.5 Å². The normalized spacial score (nSPS) is 15.3. The molecule has 6 nitrogen and oxygen atoms in total. The number of non-ortho nitro benzene ring substituents is 1. The Morgan fingerprint density at radius 2 is 1.88 bits per heavy atom. The number of cyclic esters (lactones) is 1. The van der Waals surface area contributed by atoms with Gasteiger partial charge in [-0.1, -0.05) is 49.7 Å². The number of nitro benzene ring substituents is 1. The lowest BCUT2D eigenvalue weighted by Gasteiger charge is -2.04. The highest BCUT2D eigenvalue weighted by atomic mass is 35.5. The summed E-state index contributed by atoms with van der Waals surface area (Å²) >= 11 is 6.07. The van der Waals surface area contributed by atoms with Gasteiger partial charge in [0.1, 0.15) is 0 Å². The Kier molecular flexibility index (Phi) is 4.86. The van der Waals surface area contributed by atoms with Crippen molar-refractivity contribution in [2.24, 2.45) is 4.99 Å². The summed E-state index contributed by atoms with van der Waals surface area (Å²) in [6.07, 6.45) is 1.60. The van der Waals surface area contributed by atoms with Crippen molar-refractivity contribution in [3.05, 3.63) is 80.0 Å². The number of hydrogen-bond acceptors (Lipinski definition) is 5. The monoisotopic (exact) mass is 370 g/mol. The van der Waals surface area contributed by atoms with Crippen molar-refractivity contribution in [1.82, 2.24) is 0 Å². The van der Waals surface area contributed by atoms with E-state index >= 15 is 0 Å². The molecule has 0 N–H and O–H groups in total. The molecule has 0 atom stereocenters. The van der Waals surface area contributed by atoms with E-state index in [0.29, 0.717) is 5.92 Å². The Morgan fingerprint density at radius 3 is 2.50 bits per heavy atom.